The Bertz CT molecular complexity index is 1100. The van der Waals surface area contributed by atoms with Crippen LogP contribution in [-0.2, 0) is 0 Å². The molecule has 1 aliphatic heterocycles. The number of halogens is 1. The van der Waals surface area contributed by atoms with Gasteiger partial charge in [-0.3, -0.25) is 14.3 Å². The van der Waals surface area contributed by atoms with E-state index in [0.29, 0.717) is 16.6 Å². The molecular formula is C19H13ClN4O2. The smallest absolute Gasteiger partial charge is 0.267 e. The standard InChI is InChI=1S/C19H13ClN4O2/c1-2-10-9-14(20)21-15-16(10)24(11-7-8-11)22-17(15)23-18(25)12-5-3-4-6-13(12)19(23)26/h2-6,9,11H,1,7-8H2. The van der Waals surface area contributed by atoms with Gasteiger partial charge in [-0.1, -0.05) is 36.4 Å². The van der Waals surface area contributed by atoms with E-state index in [-0.39, 0.29) is 17.0 Å². The summed E-state index contributed by atoms with van der Waals surface area (Å²) >= 11 is 6.16. The number of hydrogen-bond acceptors (Lipinski definition) is 4. The molecule has 128 valence electrons. The molecule has 6 nitrogen and oxygen atoms in total. The second-order valence-electron chi connectivity index (χ2n) is 6.43. The second kappa shape index (κ2) is 5.25. The Labute approximate surface area is 153 Å². The van der Waals surface area contributed by atoms with Crippen LogP contribution in [0.15, 0.2) is 36.9 Å². The predicted octanol–water partition coefficient (Wildman–Crippen LogP) is 3.86. The van der Waals surface area contributed by atoms with Gasteiger partial charge in [0.05, 0.1) is 22.7 Å². The van der Waals surface area contributed by atoms with Crippen molar-refractivity contribution >= 4 is 46.3 Å². The van der Waals surface area contributed by atoms with E-state index >= 15 is 0 Å². The molecule has 0 N–H and O–H groups in total. The van der Waals surface area contributed by atoms with E-state index in [2.05, 4.69) is 16.7 Å². The molecule has 0 atom stereocenters. The van der Waals surface area contributed by atoms with Gasteiger partial charge in [0.2, 0.25) is 0 Å². The first-order valence-electron chi connectivity index (χ1n) is 8.29. The van der Waals surface area contributed by atoms with E-state index in [9.17, 15) is 9.59 Å². The van der Waals surface area contributed by atoms with Crippen molar-refractivity contribution in [1.29, 1.82) is 0 Å². The summed E-state index contributed by atoms with van der Waals surface area (Å²) in [7, 11) is 0. The average molecular weight is 365 g/mol. The number of fused-ring (bicyclic) bond motifs is 2. The van der Waals surface area contributed by atoms with Crippen LogP contribution in [0.5, 0.6) is 0 Å². The lowest BCUT2D eigenvalue weighted by atomic mass is 10.1. The third-order valence-electron chi connectivity index (χ3n) is 4.75. The molecule has 1 fully saturated rings. The van der Waals surface area contributed by atoms with Crippen molar-refractivity contribution in [2.75, 3.05) is 4.90 Å². The number of carbonyl (C=O) groups is 2. The molecule has 1 saturated carbocycles. The van der Waals surface area contributed by atoms with Crippen molar-refractivity contribution in [1.82, 2.24) is 14.8 Å². The summed E-state index contributed by atoms with van der Waals surface area (Å²) in [4.78, 5) is 31.2. The maximum absolute atomic E-state index is 12.9. The summed E-state index contributed by atoms with van der Waals surface area (Å²) in [6.45, 7) is 3.84. The summed E-state index contributed by atoms with van der Waals surface area (Å²) < 4.78 is 1.84. The molecule has 3 heterocycles. The van der Waals surface area contributed by atoms with Gasteiger partial charge < -0.3 is 0 Å². The number of imide groups is 1. The van der Waals surface area contributed by atoms with Crippen LogP contribution in [0.4, 0.5) is 5.82 Å². The largest absolute Gasteiger partial charge is 0.268 e. The van der Waals surface area contributed by atoms with Crippen molar-refractivity contribution < 1.29 is 9.59 Å². The maximum Gasteiger partial charge on any atom is 0.267 e. The lowest BCUT2D eigenvalue weighted by molar-refractivity contribution is 0.0925. The number of anilines is 1. The predicted molar refractivity (Wildman–Crippen MR) is 98.5 cm³/mol. The summed E-state index contributed by atoms with van der Waals surface area (Å²) in [6, 6.07) is 8.71. The normalized spacial score (nSPS) is 16.4. The first-order valence-corrected chi connectivity index (χ1v) is 8.67. The molecule has 0 unspecified atom stereocenters. The van der Waals surface area contributed by atoms with E-state index in [1.165, 1.54) is 0 Å². The molecule has 5 rings (SSSR count). The number of pyridine rings is 1. The fourth-order valence-electron chi connectivity index (χ4n) is 3.39. The average Bonchev–Trinajstić information content (AvgIpc) is 3.38. The minimum absolute atomic E-state index is 0.226. The zero-order valence-electron chi connectivity index (χ0n) is 13.6. The minimum atomic E-state index is -0.394. The van der Waals surface area contributed by atoms with Crippen LogP contribution >= 0.6 is 11.6 Å². The maximum atomic E-state index is 12.9. The van der Waals surface area contributed by atoms with Crippen LogP contribution in [0.25, 0.3) is 17.1 Å². The Kier molecular flexibility index (Phi) is 3.09. The fourth-order valence-corrected chi connectivity index (χ4v) is 3.59. The quantitative estimate of drug-likeness (QED) is 0.522. The van der Waals surface area contributed by atoms with Crippen LogP contribution in [0.3, 0.4) is 0 Å². The second-order valence-corrected chi connectivity index (χ2v) is 6.81. The molecule has 0 bridgehead atoms. The van der Waals surface area contributed by atoms with E-state index < -0.39 is 11.8 Å². The Morgan fingerprint density at radius 3 is 2.38 bits per heavy atom. The summed E-state index contributed by atoms with van der Waals surface area (Å²) in [6.07, 6.45) is 3.68. The number of amides is 2. The molecule has 1 aliphatic carbocycles. The number of nitrogens with zero attached hydrogens (tertiary/aromatic N) is 4. The third-order valence-corrected chi connectivity index (χ3v) is 4.95. The van der Waals surface area contributed by atoms with E-state index in [1.807, 2.05) is 4.68 Å². The molecule has 0 radical (unpaired) electrons. The zero-order valence-corrected chi connectivity index (χ0v) is 14.4. The van der Waals surface area contributed by atoms with Crippen LogP contribution in [0.1, 0.15) is 45.2 Å². The lowest BCUT2D eigenvalue weighted by Gasteiger charge is -2.10. The van der Waals surface area contributed by atoms with Crippen molar-refractivity contribution in [3.8, 4) is 0 Å². The monoisotopic (exact) mass is 364 g/mol. The van der Waals surface area contributed by atoms with Gasteiger partial charge in [0.15, 0.2) is 5.82 Å². The number of rotatable bonds is 3. The van der Waals surface area contributed by atoms with Crippen molar-refractivity contribution in [3.63, 3.8) is 0 Å². The van der Waals surface area contributed by atoms with Gasteiger partial charge >= 0.3 is 0 Å². The molecule has 0 spiro atoms. The molecular weight excluding hydrogens is 352 g/mol. The molecule has 2 aromatic heterocycles. The van der Waals surface area contributed by atoms with Gasteiger partial charge in [-0.05, 0) is 31.0 Å². The highest BCUT2D eigenvalue weighted by molar-refractivity contribution is 6.35. The van der Waals surface area contributed by atoms with Crippen LogP contribution < -0.4 is 4.90 Å². The molecule has 0 saturated heterocycles. The van der Waals surface area contributed by atoms with E-state index in [0.717, 1.165) is 28.8 Å². The number of hydrogen-bond donors (Lipinski definition) is 0. The molecule has 2 amide bonds. The first kappa shape index (κ1) is 15.3. The van der Waals surface area contributed by atoms with Gasteiger partial charge in [0, 0.05) is 5.56 Å². The summed E-state index contributed by atoms with van der Waals surface area (Å²) in [5, 5.41) is 4.86. The topological polar surface area (TPSA) is 68.1 Å². The molecule has 2 aliphatic rings. The summed E-state index contributed by atoms with van der Waals surface area (Å²) in [5.41, 5.74) is 2.71. The number of carbonyl (C=O) groups excluding carboxylic acids is 2. The highest BCUT2D eigenvalue weighted by Crippen LogP contribution is 2.41. The van der Waals surface area contributed by atoms with Gasteiger partial charge in [0.25, 0.3) is 11.8 Å². The molecule has 7 heteroatoms. The highest BCUT2D eigenvalue weighted by Gasteiger charge is 2.40. The van der Waals surface area contributed by atoms with Gasteiger partial charge in [0.1, 0.15) is 10.7 Å². The molecule has 3 aromatic rings. The SMILES string of the molecule is C=Cc1cc(Cl)nc2c(N3C(=O)c4ccccc4C3=O)nn(C3CC3)c12. The van der Waals surface area contributed by atoms with Gasteiger partial charge in [-0.25, -0.2) is 9.88 Å². The van der Waals surface area contributed by atoms with Crippen molar-refractivity contribution in [2.45, 2.75) is 18.9 Å². The number of benzene rings is 1. The Morgan fingerprint density at radius 2 is 1.81 bits per heavy atom. The third kappa shape index (κ3) is 1.99. The number of aromatic nitrogens is 3. The van der Waals surface area contributed by atoms with Gasteiger partial charge in [-0.15, -0.1) is 0 Å². The fraction of sp³-hybridized carbons (Fsp3) is 0.158. The van der Waals surface area contributed by atoms with E-state index in [1.54, 1.807) is 36.4 Å². The van der Waals surface area contributed by atoms with Crippen molar-refractivity contribution in [2.24, 2.45) is 0 Å². The van der Waals surface area contributed by atoms with Crippen LogP contribution in [0, 0.1) is 0 Å². The Balaban J connectivity index is 1.78. The molecule has 26 heavy (non-hydrogen) atoms. The van der Waals surface area contributed by atoms with E-state index in [4.69, 9.17) is 11.6 Å². The molecule has 1 aromatic carbocycles. The Morgan fingerprint density at radius 1 is 1.15 bits per heavy atom. The minimum Gasteiger partial charge on any atom is -0.268 e. The van der Waals surface area contributed by atoms with Gasteiger partial charge in [-0.2, -0.15) is 5.10 Å². The first-order chi connectivity index (χ1) is 12.6. The Hall–Kier alpha value is -2.99. The zero-order chi connectivity index (χ0) is 18.0. The summed E-state index contributed by atoms with van der Waals surface area (Å²) in [5.74, 6) is -0.562. The van der Waals surface area contributed by atoms with Crippen LogP contribution in [0.2, 0.25) is 5.15 Å². The lowest BCUT2D eigenvalue weighted by Crippen LogP contribution is -2.30. The highest BCUT2D eigenvalue weighted by atomic mass is 35.5. The van der Waals surface area contributed by atoms with Crippen molar-refractivity contribution in [3.05, 3.63) is 58.8 Å². The van der Waals surface area contributed by atoms with Crippen LogP contribution in [-0.4, -0.2) is 26.6 Å².